The van der Waals surface area contributed by atoms with Gasteiger partial charge in [-0.1, -0.05) is 0 Å². The van der Waals surface area contributed by atoms with E-state index in [1.54, 1.807) is 12.3 Å². The molecule has 0 bridgehead atoms. The summed E-state index contributed by atoms with van der Waals surface area (Å²) in [5.74, 6) is 0.00380. The van der Waals surface area contributed by atoms with Crippen molar-refractivity contribution in [3.8, 4) is 0 Å². The maximum Gasteiger partial charge on any atom is 0.339 e. The Morgan fingerprint density at radius 1 is 1.53 bits per heavy atom. The number of Topliss-reactive ketones (excluding diaryl/α,β-unsaturated/α-hetero) is 1. The number of hydrogen-bond donors (Lipinski definition) is 0. The summed E-state index contributed by atoms with van der Waals surface area (Å²) in [5, 5.41) is 1.81. The Labute approximate surface area is 92.1 Å². The van der Waals surface area contributed by atoms with Crippen LogP contribution in [0.25, 0.3) is 0 Å². The smallest absolute Gasteiger partial charge is 0.339 e. The van der Waals surface area contributed by atoms with E-state index in [0.29, 0.717) is 31.4 Å². The van der Waals surface area contributed by atoms with E-state index in [0.717, 1.165) is 10.4 Å². The van der Waals surface area contributed by atoms with Crippen molar-refractivity contribution < 1.29 is 14.3 Å². The predicted molar refractivity (Wildman–Crippen MR) is 57.3 cm³/mol. The van der Waals surface area contributed by atoms with E-state index in [1.165, 1.54) is 11.3 Å². The first-order chi connectivity index (χ1) is 7.22. The molecule has 0 radical (unpaired) electrons. The molecule has 0 N–H and O–H groups in total. The summed E-state index contributed by atoms with van der Waals surface area (Å²) in [5.41, 5.74) is 1.68. The molecule has 15 heavy (non-hydrogen) atoms. The Morgan fingerprint density at radius 2 is 2.33 bits per heavy atom. The number of hydrogen-bond acceptors (Lipinski definition) is 4. The minimum absolute atomic E-state index is 0.260. The summed E-state index contributed by atoms with van der Waals surface area (Å²) in [6.07, 6.45) is 1.72. The lowest BCUT2D eigenvalue weighted by atomic mass is 9.95. The van der Waals surface area contributed by atoms with Crippen LogP contribution in [0.4, 0.5) is 0 Å². The van der Waals surface area contributed by atoms with Crippen LogP contribution in [0.1, 0.15) is 34.1 Å². The van der Waals surface area contributed by atoms with Crippen LogP contribution in [-0.4, -0.2) is 18.4 Å². The van der Waals surface area contributed by atoms with Gasteiger partial charge in [0, 0.05) is 23.1 Å². The highest BCUT2D eigenvalue weighted by Gasteiger charge is 2.23. The monoisotopic (exact) mass is 224 g/mol. The Kier molecular flexibility index (Phi) is 2.86. The summed E-state index contributed by atoms with van der Waals surface area (Å²) in [6, 6.07) is 0. The highest BCUT2D eigenvalue weighted by atomic mass is 32.1. The fourth-order valence-electron chi connectivity index (χ4n) is 1.76. The Bertz CT molecular complexity index is 406. The molecule has 0 atom stereocenters. The third-order valence-electron chi connectivity index (χ3n) is 2.49. The van der Waals surface area contributed by atoms with E-state index >= 15 is 0 Å². The molecule has 80 valence electrons. The van der Waals surface area contributed by atoms with Gasteiger partial charge in [-0.15, -0.1) is 11.3 Å². The van der Waals surface area contributed by atoms with Gasteiger partial charge in [0.15, 0.2) is 0 Å². The highest BCUT2D eigenvalue weighted by molar-refractivity contribution is 7.10. The molecule has 1 aliphatic carbocycles. The molecule has 0 spiro atoms. The second-order valence-corrected chi connectivity index (χ2v) is 4.45. The van der Waals surface area contributed by atoms with Crippen LogP contribution >= 0.6 is 11.3 Å². The SMILES string of the molecule is CCOC(=O)c1csc2c1CCC(=O)C2. The molecule has 3 nitrogen and oxygen atoms in total. The largest absolute Gasteiger partial charge is 0.462 e. The van der Waals surface area contributed by atoms with Crippen LogP contribution < -0.4 is 0 Å². The van der Waals surface area contributed by atoms with Crippen molar-refractivity contribution in [3.05, 3.63) is 21.4 Å². The molecule has 1 aromatic rings. The predicted octanol–water partition coefficient (Wildman–Crippen LogP) is 1.98. The van der Waals surface area contributed by atoms with E-state index in [-0.39, 0.29) is 11.8 Å². The van der Waals surface area contributed by atoms with Crippen molar-refractivity contribution in [1.29, 1.82) is 0 Å². The van der Waals surface area contributed by atoms with E-state index in [9.17, 15) is 9.59 Å². The second-order valence-electron chi connectivity index (χ2n) is 3.49. The summed E-state index contributed by atoms with van der Waals surface area (Å²) in [4.78, 5) is 23.8. The van der Waals surface area contributed by atoms with Gasteiger partial charge in [-0.3, -0.25) is 4.79 Å². The van der Waals surface area contributed by atoms with Gasteiger partial charge in [-0.05, 0) is 18.9 Å². The molecule has 2 rings (SSSR count). The summed E-state index contributed by atoms with van der Waals surface area (Å²) in [7, 11) is 0. The molecule has 0 saturated heterocycles. The Hall–Kier alpha value is -1.16. The lowest BCUT2D eigenvalue weighted by Gasteiger charge is -2.11. The van der Waals surface area contributed by atoms with E-state index in [4.69, 9.17) is 4.74 Å². The molecule has 0 aromatic carbocycles. The number of esters is 1. The lowest BCUT2D eigenvalue weighted by molar-refractivity contribution is -0.118. The van der Waals surface area contributed by atoms with Crippen LogP contribution in [-0.2, 0) is 22.4 Å². The zero-order valence-electron chi connectivity index (χ0n) is 8.54. The maximum atomic E-state index is 11.6. The van der Waals surface area contributed by atoms with Gasteiger partial charge in [-0.25, -0.2) is 4.79 Å². The fraction of sp³-hybridized carbons (Fsp3) is 0.455. The minimum Gasteiger partial charge on any atom is -0.462 e. The highest BCUT2D eigenvalue weighted by Crippen LogP contribution is 2.29. The lowest BCUT2D eigenvalue weighted by Crippen LogP contribution is -2.14. The van der Waals surface area contributed by atoms with E-state index in [2.05, 4.69) is 0 Å². The zero-order chi connectivity index (χ0) is 10.8. The van der Waals surface area contributed by atoms with Crippen LogP contribution in [0.15, 0.2) is 5.38 Å². The molecule has 1 heterocycles. The van der Waals surface area contributed by atoms with Crippen molar-refractivity contribution in [2.24, 2.45) is 0 Å². The van der Waals surface area contributed by atoms with Gasteiger partial charge >= 0.3 is 5.97 Å². The third kappa shape index (κ3) is 1.95. The third-order valence-corrected chi connectivity index (χ3v) is 3.52. The molecule has 1 aromatic heterocycles. The van der Waals surface area contributed by atoms with Crippen LogP contribution in [0, 0.1) is 0 Å². The standard InChI is InChI=1S/C11H12O3S/c1-2-14-11(13)9-6-15-10-5-7(12)3-4-8(9)10/h6H,2-5H2,1H3. The second kappa shape index (κ2) is 4.14. The molecule has 1 aliphatic rings. The molecule has 0 amide bonds. The molecule has 0 aliphatic heterocycles. The first kappa shape index (κ1) is 10.4. The Balaban J connectivity index is 2.28. The van der Waals surface area contributed by atoms with Gasteiger partial charge in [0.1, 0.15) is 5.78 Å². The van der Waals surface area contributed by atoms with E-state index in [1.807, 2.05) is 0 Å². The summed E-state index contributed by atoms with van der Waals surface area (Å²) < 4.78 is 4.96. The van der Waals surface area contributed by atoms with Gasteiger partial charge in [-0.2, -0.15) is 0 Å². The number of fused-ring (bicyclic) bond motifs is 1. The number of thiophene rings is 1. The zero-order valence-corrected chi connectivity index (χ0v) is 9.36. The van der Waals surface area contributed by atoms with E-state index < -0.39 is 0 Å². The number of carbonyl (C=O) groups is 2. The van der Waals surface area contributed by atoms with Crippen molar-refractivity contribution in [1.82, 2.24) is 0 Å². The number of ketones is 1. The van der Waals surface area contributed by atoms with Crippen LogP contribution in [0.2, 0.25) is 0 Å². The summed E-state index contributed by atoms with van der Waals surface area (Å²) >= 11 is 1.49. The topological polar surface area (TPSA) is 43.4 Å². The first-order valence-electron chi connectivity index (χ1n) is 5.00. The molecule has 0 saturated carbocycles. The molecule has 0 fully saturated rings. The first-order valence-corrected chi connectivity index (χ1v) is 5.88. The van der Waals surface area contributed by atoms with Gasteiger partial charge in [0.2, 0.25) is 0 Å². The molecular weight excluding hydrogens is 212 g/mol. The van der Waals surface area contributed by atoms with Gasteiger partial charge in [0.05, 0.1) is 12.2 Å². The molecule has 4 heteroatoms. The van der Waals surface area contributed by atoms with Crippen molar-refractivity contribution in [3.63, 3.8) is 0 Å². The minimum atomic E-state index is -0.260. The molecule has 0 unspecified atom stereocenters. The van der Waals surface area contributed by atoms with Crippen molar-refractivity contribution in [2.75, 3.05) is 6.61 Å². The number of ether oxygens (including phenoxy) is 1. The average Bonchev–Trinajstić information content (AvgIpc) is 2.60. The van der Waals surface area contributed by atoms with Gasteiger partial charge < -0.3 is 4.74 Å². The fourth-order valence-corrected chi connectivity index (χ4v) is 2.85. The normalized spacial score (nSPS) is 14.9. The number of carbonyl (C=O) groups excluding carboxylic acids is 2. The average molecular weight is 224 g/mol. The van der Waals surface area contributed by atoms with Crippen LogP contribution in [0.5, 0.6) is 0 Å². The van der Waals surface area contributed by atoms with Crippen molar-refractivity contribution in [2.45, 2.75) is 26.2 Å². The van der Waals surface area contributed by atoms with Crippen LogP contribution in [0.3, 0.4) is 0 Å². The quantitative estimate of drug-likeness (QED) is 0.721. The summed E-state index contributed by atoms with van der Waals surface area (Å²) in [6.45, 7) is 2.18. The maximum absolute atomic E-state index is 11.6. The Morgan fingerprint density at radius 3 is 3.07 bits per heavy atom. The number of rotatable bonds is 2. The van der Waals surface area contributed by atoms with Crippen molar-refractivity contribution >= 4 is 23.1 Å². The van der Waals surface area contributed by atoms with Gasteiger partial charge in [0.25, 0.3) is 0 Å². The molecular formula is C11H12O3S.